The molecule has 1 aromatic rings. The Labute approximate surface area is 153 Å². The summed E-state index contributed by atoms with van der Waals surface area (Å²) in [4.78, 5) is 23.6. The number of hydrogen-bond donors (Lipinski definition) is 2. The Hall–Kier alpha value is -1.89. The van der Waals surface area contributed by atoms with E-state index < -0.39 is 28.5 Å². The van der Waals surface area contributed by atoms with Crippen molar-refractivity contribution >= 4 is 23.8 Å². The van der Waals surface area contributed by atoms with Crippen molar-refractivity contribution in [3.63, 3.8) is 0 Å². The first-order chi connectivity index (χ1) is 11.4. The molecule has 140 valence electrons. The second-order valence-corrected chi connectivity index (χ2v) is 8.79. The summed E-state index contributed by atoms with van der Waals surface area (Å²) in [6, 6.07) is 6.50. The molecule has 1 aromatic carbocycles. The topological polar surface area (TPSA) is 84.9 Å². The lowest BCUT2D eigenvalue weighted by molar-refractivity contribution is -0.140. The summed E-state index contributed by atoms with van der Waals surface area (Å²) >= 11 is 1.44. The Kier molecular flexibility index (Phi) is 7.17. The van der Waals surface area contributed by atoms with Gasteiger partial charge in [-0.05, 0) is 52.3 Å². The van der Waals surface area contributed by atoms with Gasteiger partial charge >= 0.3 is 12.1 Å². The van der Waals surface area contributed by atoms with Gasteiger partial charge in [-0.2, -0.15) is 0 Å². The van der Waals surface area contributed by atoms with Gasteiger partial charge in [-0.1, -0.05) is 12.1 Å². The molecular formula is C18H27NO5S. The number of methoxy groups -OCH3 is 1. The number of carbonyl (C=O) groups is 2. The van der Waals surface area contributed by atoms with E-state index in [1.807, 2.05) is 24.3 Å². The highest BCUT2D eigenvalue weighted by Crippen LogP contribution is 2.32. The average molecular weight is 369 g/mol. The number of ether oxygens (including phenoxy) is 2. The van der Waals surface area contributed by atoms with Crippen molar-refractivity contribution in [2.45, 2.75) is 56.8 Å². The highest BCUT2D eigenvalue weighted by Gasteiger charge is 2.38. The molecular weight excluding hydrogens is 342 g/mol. The number of amides is 1. The molecule has 0 aliphatic rings. The SMILES string of the molecule is COc1cccc(CSC(C)(C)[C@H](NC(=O)OC(C)(C)C)C(=O)O)c1. The third kappa shape index (κ3) is 7.25. The first-order valence-electron chi connectivity index (χ1n) is 7.94. The molecule has 0 aromatic heterocycles. The van der Waals surface area contributed by atoms with E-state index in [0.29, 0.717) is 5.75 Å². The molecule has 0 spiro atoms. The minimum atomic E-state index is -1.10. The first kappa shape index (κ1) is 21.2. The number of carboxylic acid groups (broad SMARTS) is 1. The van der Waals surface area contributed by atoms with Gasteiger partial charge in [0.15, 0.2) is 0 Å². The fourth-order valence-corrected chi connectivity index (χ4v) is 3.12. The molecule has 0 bridgehead atoms. The Morgan fingerprint density at radius 2 is 1.88 bits per heavy atom. The van der Waals surface area contributed by atoms with Crippen LogP contribution >= 0.6 is 11.8 Å². The first-order valence-corrected chi connectivity index (χ1v) is 8.92. The zero-order valence-corrected chi connectivity index (χ0v) is 16.4. The largest absolute Gasteiger partial charge is 0.497 e. The lowest BCUT2D eigenvalue weighted by Crippen LogP contribution is -2.53. The van der Waals surface area contributed by atoms with E-state index in [9.17, 15) is 14.7 Å². The van der Waals surface area contributed by atoms with Gasteiger partial charge < -0.3 is 19.9 Å². The zero-order valence-electron chi connectivity index (χ0n) is 15.6. The standard InChI is InChI=1S/C18H27NO5S/c1-17(2,3)24-16(22)19-14(15(20)21)18(4,5)25-11-12-8-7-9-13(10-12)23-6/h7-10,14H,11H2,1-6H3,(H,19,22)(H,20,21)/t14-/m1/s1. The highest BCUT2D eigenvalue weighted by atomic mass is 32.2. The highest BCUT2D eigenvalue weighted by molar-refractivity contribution is 7.99. The average Bonchev–Trinajstić information content (AvgIpc) is 2.49. The van der Waals surface area contributed by atoms with Crippen LogP contribution < -0.4 is 10.1 Å². The third-order valence-corrected chi connectivity index (χ3v) is 4.81. The quantitative estimate of drug-likeness (QED) is 0.762. The number of benzene rings is 1. The van der Waals surface area contributed by atoms with E-state index in [2.05, 4.69) is 5.32 Å². The summed E-state index contributed by atoms with van der Waals surface area (Å²) in [6.45, 7) is 8.75. The molecule has 0 aliphatic carbocycles. The second-order valence-electron chi connectivity index (χ2n) is 7.16. The number of carbonyl (C=O) groups excluding carboxylic acids is 1. The smallest absolute Gasteiger partial charge is 0.408 e. The number of thioether (sulfide) groups is 1. The summed E-state index contributed by atoms with van der Waals surface area (Å²) in [5.41, 5.74) is 0.323. The Balaban J connectivity index is 2.79. The number of carboxylic acids is 1. The maximum Gasteiger partial charge on any atom is 0.408 e. The Morgan fingerprint density at radius 3 is 2.40 bits per heavy atom. The number of alkyl carbamates (subject to hydrolysis) is 1. The molecule has 0 saturated carbocycles. The normalized spacial score (nSPS) is 13.0. The van der Waals surface area contributed by atoms with Crippen molar-refractivity contribution in [2.75, 3.05) is 7.11 Å². The van der Waals surface area contributed by atoms with Crippen molar-refractivity contribution in [2.24, 2.45) is 0 Å². The van der Waals surface area contributed by atoms with E-state index in [1.54, 1.807) is 41.7 Å². The van der Waals surface area contributed by atoms with Gasteiger partial charge in [-0.3, -0.25) is 0 Å². The molecule has 1 atom stereocenters. The predicted molar refractivity (Wildman–Crippen MR) is 99.2 cm³/mol. The Morgan fingerprint density at radius 1 is 1.24 bits per heavy atom. The fourth-order valence-electron chi connectivity index (χ4n) is 2.07. The lowest BCUT2D eigenvalue weighted by atomic mass is 10.0. The van der Waals surface area contributed by atoms with Crippen LogP contribution in [0.25, 0.3) is 0 Å². The number of hydrogen-bond acceptors (Lipinski definition) is 5. The second kappa shape index (κ2) is 8.47. The number of aliphatic carboxylic acids is 1. The molecule has 0 aliphatic heterocycles. The molecule has 0 unspecified atom stereocenters. The van der Waals surface area contributed by atoms with Crippen LogP contribution in [0.5, 0.6) is 5.75 Å². The van der Waals surface area contributed by atoms with Crippen molar-refractivity contribution < 1.29 is 24.2 Å². The maximum absolute atomic E-state index is 12.0. The van der Waals surface area contributed by atoms with Gasteiger partial charge in [0.25, 0.3) is 0 Å². The van der Waals surface area contributed by atoms with Crippen LogP contribution in [-0.4, -0.2) is 40.7 Å². The summed E-state index contributed by atoms with van der Waals surface area (Å²) in [7, 11) is 1.60. The number of nitrogens with one attached hydrogen (secondary N) is 1. The molecule has 7 heteroatoms. The van der Waals surface area contributed by atoms with Crippen molar-refractivity contribution in [3.8, 4) is 5.75 Å². The van der Waals surface area contributed by atoms with Gasteiger partial charge in [-0.25, -0.2) is 9.59 Å². The van der Waals surface area contributed by atoms with Crippen molar-refractivity contribution in [1.29, 1.82) is 0 Å². The summed E-state index contributed by atoms with van der Waals surface area (Å²) in [5.74, 6) is 0.232. The Bertz CT molecular complexity index is 610. The van der Waals surface area contributed by atoms with Crippen LogP contribution in [0.3, 0.4) is 0 Å². The van der Waals surface area contributed by atoms with E-state index in [0.717, 1.165) is 11.3 Å². The van der Waals surface area contributed by atoms with E-state index in [-0.39, 0.29) is 0 Å². The van der Waals surface area contributed by atoms with Crippen LogP contribution in [0.4, 0.5) is 4.79 Å². The van der Waals surface area contributed by atoms with Gasteiger partial charge in [0, 0.05) is 10.5 Å². The zero-order chi connectivity index (χ0) is 19.3. The monoisotopic (exact) mass is 369 g/mol. The minimum Gasteiger partial charge on any atom is -0.497 e. The molecule has 25 heavy (non-hydrogen) atoms. The predicted octanol–water partition coefficient (Wildman–Crippen LogP) is 3.68. The van der Waals surface area contributed by atoms with Crippen molar-refractivity contribution in [3.05, 3.63) is 29.8 Å². The van der Waals surface area contributed by atoms with E-state index >= 15 is 0 Å². The third-order valence-electron chi connectivity index (χ3n) is 3.35. The minimum absolute atomic E-state index is 0.587. The molecule has 1 rings (SSSR count). The maximum atomic E-state index is 12.0. The number of rotatable bonds is 7. The van der Waals surface area contributed by atoms with Gasteiger partial charge in [0.2, 0.25) is 0 Å². The molecule has 2 N–H and O–H groups in total. The van der Waals surface area contributed by atoms with Crippen LogP contribution in [0.15, 0.2) is 24.3 Å². The summed E-state index contributed by atoms with van der Waals surface area (Å²) in [5, 5.41) is 12.0. The fraction of sp³-hybridized carbons (Fsp3) is 0.556. The van der Waals surface area contributed by atoms with Gasteiger partial charge in [0.05, 0.1) is 7.11 Å². The molecule has 0 radical (unpaired) electrons. The van der Waals surface area contributed by atoms with E-state index in [1.165, 1.54) is 11.8 Å². The van der Waals surface area contributed by atoms with Gasteiger partial charge in [-0.15, -0.1) is 11.8 Å². The van der Waals surface area contributed by atoms with Crippen LogP contribution in [-0.2, 0) is 15.3 Å². The summed E-state index contributed by atoms with van der Waals surface area (Å²) in [6.07, 6.45) is -0.741. The van der Waals surface area contributed by atoms with Crippen LogP contribution in [0.1, 0.15) is 40.2 Å². The van der Waals surface area contributed by atoms with Crippen molar-refractivity contribution in [1.82, 2.24) is 5.32 Å². The molecule has 0 fully saturated rings. The van der Waals surface area contributed by atoms with Crippen LogP contribution in [0.2, 0.25) is 0 Å². The van der Waals surface area contributed by atoms with Crippen LogP contribution in [0, 0.1) is 0 Å². The molecule has 1 amide bonds. The molecule has 0 saturated heterocycles. The van der Waals surface area contributed by atoms with E-state index in [4.69, 9.17) is 9.47 Å². The molecule has 0 heterocycles. The lowest BCUT2D eigenvalue weighted by Gasteiger charge is -2.32. The van der Waals surface area contributed by atoms with Gasteiger partial charge in [0.1, 0.15) is 17.4 Å². The molecule has 6 nitrogen and oxygen atoms in total. The summed E-state index contributed by atoms with van der Waals surface area (Å²) < 4.78 is 9.62.